The van der Waals surface area contributed by atoms with Crippen LogP contribution in [0.2, 0.25) is 0 Å². The van der Waals surface area contributed by atoms with Crippen LogP contribution in [0.15, 0.2) is 91.4 Å². The van der Waals surface area contributed by atoms with Gasteiger partial charge in [-0.15, -0.1) is 0 Å². The quantitative estimate of drug-likeness (QED) is 0.303. The van der Waals surface area contributed by atoms with E-state index in [1.54, 1.807) is 6.33 Å². The number of benzene rings is 3. The van der Waals surface area contributed by atoms with Crippen LogP contribution >= 0.6 is 0 Å². The van der Waals surface area contributed by atoms with Gasteiger partial charge >= 0.3 is 193 Å². The molecule has 160 valence electrons. The van der Waals surface area contributed by atoms with Gasteiger partial charge in [0.05, 0.1) is 0 Å². The first kappa shape index (κ1) is 19.8. The van der Waals surface area contributed by atoms with Crippen molar-refractivity contribution in [2.45, 2.75) is 6.54 Å². The number of fused-ring (bicyclic) bond motifs is 2. The molecule has 6 nitrogen and oxygen atoms in total. The molecule has 0 amide bonds. The van der Waals surface area contributed by atoms with Crippen LogP contribution in [0, 0.1) is 0 Å². The Morgan fingerprint density at radius 1 is 0.879 bits per heavy atom. The molecule has 2 N–H and O–H groups in total. The fourth-order valence-corrected chi connectivity index (χ4v) is 4.96. The van der Waals surface area contributed by atoms with E-state index < -0.39 is 0 Å². The van der Waals surface area contributed by atoms with E-state index in [4.69, 9.17) is 10.8 Å². The Labute approximate surface area is 199 Å². The van der Waals surface area contributed by atoms with E-state index in [-0.39, 0.29) is 0 Å². The third-order valence-electron chi connectivity index (χ3n) is 5.84. The minimum atomic E-state index is 0.741. The number of nitrogens with zero attached hydrogens (tertiary/aromatic N) is 5. The zero-order valence-electron chi connectivity index (χ0n) is 17.8. The Bertz CT molecular complexity index is 1600. The van der Waals surface area contributed by atoms with E-state index in [2.05, 4.69) is 64.8 Å². The topological polar surface area (TPSA) is 74.0 Å². The third-order valence-corrected chi connectivity index (χ3v) is 6.73. The van der Waals surface area contributed by atoms with Gasteiger partial charge in [0, 0.05) is 0 Å². The summed E-state index contributed by atoms with van der Waals surface area (Å²) in [6.07, 6.45) is 3.71. The second kappa shape index (κ2) is 7.91. The number of rotatable bonds is 4. The first-order valence-corrected chi connectivity index (χ1v) is 11.9. The van der Waals surface area contributed by atoms with Crippen molar-refractivity contribution in [3.63, 3.8) is 0 Å². The van der Waals surface area contributed by atoms with E-state index in [0.29, 0.717) is 0 Å². The summed E-state index contributed by atoms with van der Waals surface area (Å²) in [5, 5.41) is 10.5. The average Bonchev–Trinajstić information content (AvgIpc) is 3.41. The first-order valence-electron chi connectivity index (χ1n) is 10.7. The molecule has 0 aliphatic carbocycles. The molecule has 3 aromatic heterocycles. The van der Waals surface area contributed by atoms with Crippen molar-refractivity contribution in [2.24, 2.45) is 0 Å². The Kier molecular flexibility index (Phi) is 4.74. The predicted octanol–water partition coefficient (Wildman–Crippen LogP) is 3.30. The SMILES string of the molecule is Nc1ccc(-c2cc(-c3ccc4cn(Cc5ccccc5)nc4c3)c3c([AsH2])ncnn23)cc1. The Hall–Kier alpha value is -3.89. The van der Waals surface area contributed by atoms with Crippen molar-refractivity contribution < 1.29 is 0 Å². The van der Waals surface area contributed by atoms with Crippen LogP contribution in [0.25, 0.3) is 38.8 Å². The molecule has 33 heavy (non-hydrogen) atoms. The molecule has 0 saturated heterocycles. The number of nitrogen functional groups attached to an aromatic ring is 1. The van der Waals surface area contributed by atoms with E-state index >= 15 is 0 Å². The van der Waals surface area contributed by atoms with Gasteiger partial charge in [-0.1, -0.05) is 6.07 Å². The number of aromatic nitrogens is 5. The first-order chi connectivity index (χ1) is 16.2. The zero-order valence-corrected chi connectivity index (χ0v) is 20.2. The van der Waals surface area contributed by atoms with Crippen molar-refractivity contribution in [3.8, 4) is 22.4 Å². The Morgan fingerprint density at radius 3 is 2.48 bits per heavy atom. The van der Waals surface area contributed by atoms with Crippen LogP contribution in [0.4, 0.5) is 5.69 Å². The molecule has 0 bridgehead atoms. The van der Waals surface area contributed by atoms with Crippen LogP contribution in [-0.4, -0.2) is 41.2 Å². The number of hydrogen-bond donors (Lipinski definition) is 1. The Balaban J connectivity index is 1.47. The van der Waals surface area contributed by atoms with Crippen molar-refractivity contribution in [1.82, 2.24) is 24.4 Å². The normalized spacial score (nSPS) is 11.4. The van der Waals surface area contributed by atoms with Crippen LogP contribution in [0.5, 0.6) is 0 Å². The molecule has 1 unspecified atom stereocenters. The van der Waals surface area contributed by atoms with Crippen LogP contribution in [0.3, 0.4) is 0 Å². The second-order valence-electron chi connectivity index (χ2n) is 8.06. The van der Waals surface area contributed by atoms with Crippen LogP contribution < -0.4 is 10.2 Å². The fraction of sp³-hybridized carbons (Fsp3) is 0.0385. The molecule has 0 fully saturated rings. The van der Waals surface area contributed by atoms with E-state index in [0.717, 1.165) is 55.5 Å². The molecule has 6 rings (SSSR count). The summed E-state index contributed by atoms with van der Waals surface area (Å²) in [6, 6.07) is 26.9. The summed E-state index contributed by atoms with van der Waals surface area (Å²) in [6.45, 7) is 0.747. The van der Waals surface area contributed by atoms with Gasteiger partial charge in [-0.25, -0.2) is 0 Å². The molecule has 0 aliphatic heterocycles. The molecule has 0 saturated carbocycles. The van der Waals surface area contributed by atoms with E-state index in [9.17, 15) is 0 Å². The summed E-state index contributed by atoms with van der Waals surface area (Å²) in [4.78, 5) is 4.48. The monoisotopic (exact) mass is 492 g/mol. The summed E-state index contributed by atoms with van der Waals surface area (Å²) in [5.74, 6) is 0. The van der Waals surface area contributed by atoms with Gasteiger partial charge in [0.25, 0.3) is 0 Å². The van der Waals surface area contributed by atoms with Gasteiger partial charge in [0.1, 0.15) is 0 Å². The van der Waals surface area contributed by atoms with E-state index in [1.165, 1.54) is 22.4 Å². The Morgan fingerprint density at radius 2 is 1.67 bits per heavy atom. The summed E-state index contributed by atoms with van der Waals surface area (Å²) in [7, 11) is 0. The molecule has 0 radical (unpaired) electrons. The van der Waals surface area contributed by atoms with Crippen molar-refractivity contribution in [3.05, 3.63) is 97.0 Å². The second-order valence-corrected chi connectivity index (χ2v) is 9.20. The number of anilines is 1. The zero-order chi connectivity index (χ0) is 22.4. The molecule has 0 aliphatic rings. The maximum atomic E-state index is 5.90. The maximum absolute atomic E-state index is 5.90. The summed E-state index contributed by atoms with van der Waals surface area (Å²) >= 11 is 1.48. The molecule has 3 heterocycles. The predicted molar refractivity (Wildman–Crippen MR) is 135 cm³/mol. The van der Waals surface area contributed by atoms with Gasteiger partial charge in [-0.3, -0.25) is 0 Å². The van der Waals surface area contributed by atoms with Crippen LogP contribution in [0.1, 0.15) is 5.56 Å². The van der Waals surface area contributed by atoms with Gasteiger partial charge in [0.2, 0.25) is 0 Å². The molecular weight excluding hydrogens is 471 g/mol. The van der Waals surface area contributed by atoms with Gasteiger partial charge < -0.3 is 0 Å². The fourth-order valence-electron chi connectivity index (χ4n) is 4.23. The molecule has 3 aromatic carbocycles. The van der Waals surface area contributed by atoms with Crippen molar-refractivity contribution in [2.75, 3.05) is 5.73 Å². The summed E-state index contributed by atoms with van der Waals surface area (Å²) < 4.78 is 4.96. The summed E-state index contributed by atoms with van der Waals surface area (Å²) in [5.41, 5.74) is 14.1. The molecule has 7 heteroatoms. The van der Waals surface area contributed by atoms with Gasteiger partial charge in [-0.05, 0) is 0 Å². The molecule has 6 aromatic rings. The number of nitrogens with two attached hydrogens (primary N) is 1. The van der Waals surface area contributed by atoms with Gasteiger partial charge in [-0.2, -0.15) is 0 Å². The molecule has 0 spiro atoms. The van der Waals surface area contributed by atoms with Gasteiger partial charge in [0.15, 0.2) is 0 Å². The molecule has 1 atom stereocenters. The third kappa shape index (κ3) is 3.58. The van der Waals surface area contributed by atoms with Crippen molar-refractivity contribution >= 4 is 43.4 Å². The standard InChI is InChI=1S/C26H21AsN6/c27-26-25-22(13-24(33(25)30-16-29-26)18-8-10-21(28)11-9-18)19-6-7-20-15-32(31-23(20)12-19)14-17-4-2-1-3-5-17/h1-13,15-16H,14,27-28H2. The number of hydrogen-bond acceptors (Lipinski definition) is 4. The van der Waals surface area contributed by atoms with Crippen LogP contribution in [-0.2, 0) is 6.54 Å². The van der Waals surface area contributed by atoms with E-state index in [1.807, 2.05) is 39.5 Å². The molecular formula is C26H21AsN6. The van der Waals surface area contributed by atoms with Crippen molar-refractivity contribution in [1.29, 1.82) is 0 Å². The minimum absolute atomic E-state index is 0.741. The average molecular weight is 492 g/mol.